The second-order valence-electron chi connectivity index (χ2n) is 13.2. The number of nitrogens with one attached hydrogen (secondary N) is 2. The highest BCUT2D eigenvalue weighted by Gasteiger charge is 2.50. The summed E-state index contributed by atoms with van der Waals surface area (Å²) in [7, 11) is -4.23. The van der Waals surface area contributed by atoms with Gasteiger partial charge in [0.1, 0.15) is 11.6 Å². The van der Waals surface area contributed by atoms with Crippen LogP contribution in [-0.2, 0) is 39.0 Å². The molecule has 4 rings (SSSR count). The molecule has 1 unspecified atom stereocenters. The molecule has 3 atom stereocenters. The number of hydrogen-bond donors (Lipinski definition) is 4. The van der Waals surface area contributed by atoms with Crippen molar-refractivity contribution in [2.45, 2.75) is 65.5 Å². The number of piperazine rings is 1. The van der Waals surface area contributed by atoms with Gasteiger partial charge in [0.05, 0.1) is 16.4 Å². The van der Waals surface area contributed by atoms with Crippen molar-refractivity contribution in [2.24, 2.45) is 17.1 Å². The topological polar surface area (TPSA) is 145 Å². The van der Waals surface area contributed by atoms with Crippen LogP contribution in [0.25, 0.3) is 0 Å². The van der Waals surface area contributed by atoms with E-state index in [2.05, 4.69) is 10.6 Å². The summed E-state index contributed by atoms with van der Waals surface area (Å²) in [5.74, 6) is -4.27. The number of aryl methyl sites for hydroxylation is 1. The average molecular weight is 716 g/mol. The Morgan fingerprint density at radius 3 is 2.26 bits per heavy atom. The van der Waals surface area contributed by atoms with E-state index >= 15 is 0 Å². The molecule has 5 N–H and O–H groups in total. The Kier molecular flexibility index (Phi) is 13.9. The van der Waals surface area contributed by atoms with E-state index in [4.69, 9.17) is 5.73 Å². The van der Waals surface area contributed by atoms with Crippen molar-refractivity contribution in [3.8, 4) is 0 Å². The van der Waals surface area contributed by atoms with Gasteiger partial charge in [0.25, 0.3) is 0 Å². The summed E-state index contributed by atoms with van der Waals surface area (Å²) in [6, 6.07) is 10.9. The molecule has 1 saturated heterocycles. The monoisotopic (exact) mass is 715 g/mol. The highest BCUT2D eigenvalue weighted by atomic mass is 32.2. The molecule has 1 aliphatic heterocycles. The molecule has 0 aromatic heterocycles. The van der Waals surface area contributed by atoms with E-state index in [1.807, 2.05) is 45.0 Å². The zero-order valence-corrected chi connectivity index (χ0v) is 30.1. The second-order valence-corrected chi connectivity index (χ2v) is 15.1. The van der Waals surface area contributed by atoms with E-state index in [9.17, 15) is 31.9 Å². The van der Waals surface area contributed by atoms with Gasteiger partial charge in [0.2, 0.25) is 21.8 Å². The van der Waals surface area contributed by atoms with Crippen molar-refractivity contribution < 1.29 is 31.9 Å². The number of amides is 2. The molecule has 2 aromatic carbocycles. The molecule has 0 radical (unpaired) electrons. The molecule has 10 nitrogen and oxygen atoms in total. The van der Waals surface area contributed by atoms with Crippen molar-refractivity contribution >= 4 is 21.8 Å². The van der Waals surface area contributed by atoms with Gasteiger partial charge in [-0.3, -0.25) is 9.59 Å². The highest BCUT2D eigenvalue weighted by Crippen LogP contribution is 2.46. The molecular formula is C37H51F2N5O5S. The highest BCUT2D eigenvalue weighted by molar-refractivity contribution is 7.93. The molecule has 274 valence electrons. The fourth-order valence-corrected chi connectivity index (χ4v) is 8.56. The number of allylic oxidation sites excluding steroid dienone is 1. The summed E-state index contributed by atoms with van der Waals surface area (Å²) in [6.07, 6.45) is 2.84. The van der Waals surface area contributed by atoms with E-state index in [1.54, 1.807) is 4.90 Å². The van der Waals surface area contributed by atoms with Gasteiger partial charge in [-0.15, -0.1) is 0 Å². The standard InChI is InChI=1S/C37H51F2N5O5S/c1-4-12-43(13-5-2)35(46)29-20-32(50(48,49)44-14-10-41-11-15-44)23-37(22-29,36(40)47)33(19-28-17-30(38)21-31(39)18-28)34(45)25-42-24-27-9-7-8-26(6-3)16-27/h7-9,16-18,20-21,23,33-34,41-42,45H,4-6,10-15,19,22,24-25H2,1-3H3,(H2,40,47)/t33-,34+,37?/m1/s1. The summed E-state index contributed by atoms with van der Waals surface area (Å²) in [4.78, 5) is 29.4. The third-order valence-corrected chi connectivity index (χ3v) is 11.4. The fourth-order valence-electron chi connectivity index (χ4n) is 6.95. The van der Waals surface area contributed by atoms with Gasteiger partial charge >= 0.3 is 0 Å². The van der Waals surface area contributed by atoms with E-state index in [1.165, 1.54) is 16.5 Å². The number of halogens is 2. The third kappa shape index (κ3) is 9.43. The molecule has 0 spiro atoms. The second kappa shape index (κ2) is 17.6. The normalized spacial score (nSPS) is 19.7. The van der Waals surface area contributed by atoms with Gasteiger partial charge in [0, 0.05) is 69.9 Å². The van der Waals surface area contributed by atoms with E-state index in [0.29, 0.717) is 45.6 Å². The maximum atomic E-state index is 14.5. The van der Waals surface area contributed by atoms with Crippen molar-refractivity contribution in [3.05, 3.63) is 93.4 Å². The first-order valence-corrected chi connectivity index (χ1v) is 18.9. The van der Waals surface area contributed by atoms with Gasteiger partial charge in [-0.05, 0) is 73.1 Å². The van der Waals surface area contributed by atoms with Gasteiger partial charge < -0.3 is 26.4 Å². The number of hydrogen-bond acceptors (Lipinski definition) is 7. The van der Waals surface area contributed by atoms with Crippen LogP contribution in [0.15, 0.2) is 65.1 Å². The molecule has 0 saturated carbocycles. The van der Waals surface area contributed by atoms with E-state index < -0.39 is 50.9 Å². The molecule has 1 heterocycles. The lowest BCUT2D eigenvalue weighted by atomic mass is 9.64. The average Bonchev–Trinajstić information content (AvgIpc) is 3.09. The first-order valence-electron chi connectivity index (χ1n) is 17.5. The predicted molar refractivity (Wildman–Crippen MR) is 190 cm³/mol. The maximum absolute atomic E-state index is 14.5. The Balaban J connectivity index is 1.84. The van der Waals surface area contributed by atoms with Crippen LogP contribution in [0.4, 0.5) is 8.78 Å². The van der Waals surface area contributed by atoms with Crippen LogP contribution in [0.2, 0.25) is 0 Å². The van der Waals surface area contributed by atoms with Crippen molar-refractivity contribution in [3.63, 3.8) is 0 Å². The van der Waals surface area contributed by atoms with Crippen LogP contribution in [-0.4, -0.2) is 86.5 Å². The summed E-state index contributed by atoms with van der Waals surface area (Å²) in [5.41, 5.74) is 6.60. The number of sulfonamides is 1. The van der Waals surface area contributed by atoms with E-state index in [0.717, 1.165) is 35.7 Å². The Labute approximate surface area is 294 Å². The quantitative estimate of drug-likeness (QED) is 0.197. The van der Waals surface area contributed by atoms with Crippen LogP contribution < -0.4 is 16.4 Å². The van der Waals surface area contributed by atoms with Crippen molar-refractivity contribution in [1.82, 2.24) is 19.8 Å². The Hall–Kier alpha value is -3.49. The zero-order chi connectivity index (χ0) is 36.5. The number of nitrogens with zero attached hydrogens (tertiary/aromatic N) is 2. The minimum absolute atomic E-state index is 0.0631. The lowest BCUT2D eigenvalue weighted by molar-refractivity contribution is -0.132. The Morgan fingerprint density at radius 1 is 1.02 bits per heavy atom. The molecule has 0 bridgehead atoms. The molecule has 13 heteroatoms. The van der Waals surface area contributed by atoms with Gasteiger partial charge in [-0.2, -0.15) is 4.31 Å². The summed E-state index contributed by atoms with van der Waals surface area (Å²) < 4.78 is 58.7. The molecule has 2 aromatic rings. The van der Waals surface area contributed by atoms with Crippen LogP contribution in [0, 0.1) is 23.0 Å². The first kappa shape index (κ1) is 39.3. The van der Waals surface area contributed by atoms with E-state index in [-0.39, 0.29) is 48.5 Å². The number of aliphatic hydroxyl groups is 1. The molecular weight excluding hydrogens is 664 g/mol. The van der Waals surface area contributed by atoms with Gasteiger partial charge in [0.15, 0.2) is 0 Å². The van der Waals surface area contributed by atoms with Crippen LogP contribution >= 0.6 is 0 Å². The first-order chi connectivity index (χ1) is 23.8. The minimum atomic E-state index is -4.23. The Bertz CT molecular complexity index is 1650. The number of carbonyl (C=O) groups excluding carboxylic acids is 2. The van der Waals surface area contributed by atoms with Crippen molar-refractivity contribution in [1.29, 1.82) is 0 Å². The third-order valence-electron chi connectivity index (χ3n) is 9.51. The number of aliphatic hydroxyl groups excluding tert-OH is 1. The summed E-state index contributed by atoms with van der Waals surface area (Å²) >= 11 is 0. The molecule has 2 aliphatic rings. The van der Waals surface area contributed by atoms with Crippen LogP contribution in [0.5, 0.6) is 0 Å². The number of primary amides is 1. The molecule has 2 amide bonds. The zero-order valence-electron chi connectivity index (χ0n) is 29.3. The van der Waals surface area contributed by atoms with Crippen molar-refractivity contribution in [2.75, 3.05) is 45.8 Å². The number of carbonyl (C=O) groups is 2. The lowest BCUT2D eigenvalue weighted by Gasteiger charge is -2.42. The molecule has 1 fully saturated rings. The fraction of sp³-hybridized carbons (Fsp3) is 0.514. The lowest BCUT2D eigenvalue weighted by Crippen LogP contribution is -2.53. The smallest absolute Gasteiger partial charge is 0.249 e. The number of nitrogens with two attached hydrogens (primary N) is 1. The summed E-state index contributed by atoms with van der Waals surface area (Å²) in [5, 5.41) is 18.3. The largest absolute Gasteiger partial charge is 0.391 e. The predicted octanol–water partition coefficient (Wildman–Crippen LogP) is 3.41. The molecule has 50 heavy (non-hydrogen) atoms. The van der Waals surface area contributed by atoms with Crippen LogP contribution in [0.1, 0.15) is 56.7 Å². The SMILES string of the molecule is CCCN(CCC)C(=O)C1=CC(S(=O)(=O)N2CCNCC2)=CC(C(N)=O)([C@H](Cc2cc(F)cc(F)c2)[C@@H](O)CNCc2cccc(CC)c2)C1. The minimum Gasteiger partial charge on any atom is -0.391 e. The molecule has 1 aliphatic carbocycles. The van der Waals surface area contributed by atoms with Gasteiger partial charge in [-0.1, -0.05) is 45.0 Å². The van der Waals surface area contributed by atoms with Crippen LogP contribution in [0.3, 0.4) is 0 Å². The Morgan fingerprint density at radius 2 is 1.66 bits per heavy atom. The maximum Gasteiger partial charge on any atom is 0.249 e. The number of benzene rings is 2. The summed E-state index contributed by atoms with van der Waals surface area (Å²) in [6.45, 7) is 8.23. The number of rotatable bonds is 17. The van der Waals surface area contributed by atoms with Gasteiger partial charge in [-0.25, -0.2) is 17.2 Å².